The van der Waals surface area contributed by atoms with E-state index in [2.05, 4.69) is 22.9 Å². The van der Waals surface area contributed by atoms with Crippen molar-refractivity contribution in [1.29, 1.82) is 0 Å². The van der Waals surface area contributed by atoms with Crippen LogP contribution in [0.3, 0.4) is 0 Å². The molecule has 4 nitrogen and oxygen atoms in total. The Bertz CT molecular complexity index is 740. The fourth-order valence-corrected chi connectivity index (χ4v) is 2.84. The molecule has 118 valence electrons. The van der Waals surface area contributed by atoms with Gasteiger partial charge in [0.05, 0.1) is 12.2 Å². The van der Waals surface area contributed by atoms with Crippen LogP contribution in [0.5, 0.6) is 5.75 Å². The second kappa shape index (κ2) is 6.65. The first-order valence-corrected chi connectivity index (χ1v) is 7.77. The highest BCUT2D eigenvalue weighted by molar-refractivity contribution is 5.77. The lowest BCUT2D eigenvalue weighted by Crippen LogP contribution is -2.34. The van der Waals surface area contributed by atoms with Gasteiger partial charge in [0.1, 0.15) is 11.9 Å². The minimum absolute atomic E-state index is 0.0275. The van der Waals surface area contributed by atoms with E-state index < -0.39 is 0 Å². The normalized spacial score (nSPS) is 15.6. The van der Waals surface area contributed by atoms with Gasteiger partial charge in [-0.1, -0.05) is 24.3 Å². The molecular weight excluding hydrogens is 288 g/mol. The molecule has 4 heteroatoms. The molecule has 3 rings (SSSR count). The Morgan fingerprint density at radius 3 is 3.09 bits per heavy atom. The average molecular weight is 308 g/mol. The molecule has 0 bridgehead atoms. The molecule has 1 atom stereocenters. The molecule has 0 aliphatic carbocycles. The molecule has 1 aromatic carbocycles. The fraction of sp³-hybridized carbons (Fsp3) is 0.263. The molecule has 2 heterocycles. The van der Waals surface area contributed by atoms with E-state index >= 15 is 0 Å². The van der Waals surface area contributed by atoms with Crippen molar-refractivity contribution in [1.82, 2.24) is 10.3 Å². The molecule has 0 saturated carbocycles. The Morgan fingerprint density at radius 2 is 2.30 bits per heavy atom. The highest BCUT2D eigenvalue weighted by Crippen LogP contribution is 2.38. The predicted molar refractivity (Wildman–Crippen MR) is 90.4 cm³/mol. The maximum Gasteiger partial charge on any atom is 0.223 e. The summed E-state index contributed by atoms with van der Waals surface area (Å²) >= 11 is 0. The Labute approximate surface area is 136 Å². The SMILES string of the molecule is C=CCC(=O)NC[C@@H]1Cc2cccc(-c3ncccc3C)c2O1. The number of nitrogens with one attached hydrogen (secondary N) is 1. The van der Waals surface area contributed by atoms with Crippen molar-refractivity contribution < 1.29 is 9.53 Å². The third-order valence-corrected chi connectivity index (χ3v) is 3.95. The number of hydrogen-bond acceptors (Lipinski definition) is 3. The highest BCUT2D eigenvalue weighted by atomic mass is 16.5. The number of aryl methyl sites for hydroxylation is 1. The number of nitrogens with zero attached hydrogens (tertiary/aromatic N) is 1. The van der Waals surface area contributed by atoms with E-state index in [9.17, 15) is 4.79 Å². The standard InChI is InChI=1S/C19H20N2O2/c1-3-6-17(22)21-12-15-11-14-8-4-9-16(19(14)23-15)18-13(2)7-5-10-20-18/h3-5,7-10,15H,1,6,11-12H2,2H3,(H,21,22)/t15-/m0/s1. The first kappa shape index (κ1) is 15.3. The van der Waals surface area contributed by atoms with E-state index in [0.29, 0.717) is 13.0 Å². The third kappa shape index (κ3) is 3.26. The van der Waals surface area contributed by atoms with Gasteiger partial charge in [-0.3, -0.25) is 9.78 Å². The lowest BCUT2D eigenvalue weighted by molar-refractivity contribution is -0.120. The van der Waals surface area contributed by atoms with Crippen LogP contribution in [0.1, 0.15) is 17.5 Å². The molecule has 1 aliphatic rings. The van der Waals surface area contributed by atoms with E-state index in [1.807, 2.05) is 31.2 Å². The number of ether oxygens (including phenoxy) is 1. The lowest BCUT2D eigenvalue weighted by Gasteiger charge is -2.13. The van der Waals surface area contributed by atoms with Crippen molar-refractivity contribution in [2.24, 2.45) is 0 Å². The number of fused-ring (bicyclic) bond motifs is 1. The zero-order chi connectivity index (χ0) is 16.2. The van der Waals surface area contributed by atoms with Gasteiger partial charge in [-0.25, -0.2) is 0 Å². The molecule has 23 heavy (non-hydrogen) atoms. The molecule has 2 aromatic rings. The van der Waals surface area contributed by atoms with E-state index in [0.717, 1.165) is 34.6 Å². The molecule has 0 fully saturated rings. The maximum absolute atomic E-state index is 11.6. The molecule has 0 unspecified atom stereocenters. The number of amides is 1. The molecule has 1 N–H and O–H groups in total. The van der Waals surface area contributed by atoms with Gasteiger partial charge in [-0.2, -0.15) is 0 Å². The van der Waals surface area contributed by atoms with Crippen molar-refractivity contribution in [3.8, 4) is 17.0 Å². The van der Waals surface area contributed by atoms with E-state index in [-0.39, 0.29) is 12.0 Å². The highest BCUT2D eigenvalue weighted by Gasteiger charge is 2.26. The number of pyridine rings is 1. The minimum atomic E-state index is -0.0380. The van der Waals surface area contributed by atoms with Crippen LogP contribution in [0, 0.1) is 6.92 Å². The quantitative estimate of drug-likeness (QED) is 0.864. The second-order valence-electron chi connectivity index (χ2n) is 5.70. The first-order valence-electron chi connectivity index (χ1n) is 7.77. The summed E-state index contributed by atoms with van der Waals surface area (Å²) in [4.78, 5) is 16.0. The smallest absolute Gasteiger partial charge is 0.223 e. The van der Waals surface area contributed by atoms with Crippen LogP contribution in [0.4, 0.5) is 0 Å². The van der Waals surface area contributed by atoms with E-state index in [4.69, 9.17) is 4.74 Å². The molecule has 1 aromatic heterocycles. The number of benzene rings is 1. The number of para-hydroxylation sites is 1. The van der Waals surface area contributed by atoms with E-state index in [1.54, 1.807) is 12.3 Å². The summed E-state index contributed by atoms with van der Waals surface area (Å²) in [7, 11) is 0. The van der Waals surface area contributed by atoms with Gasteiger partial charge in [0, 0.05) is 24.6 Å². The summed E-state index contributed by atoms with van der Waals surface area (Å²) in [5, 5.41) is 2.88. The van der Waals surface area contributed by atoms with Crippen molar-refractivity contribution in [2.45, 2.75) is 25.9 Å². The summed E-state index contributed by atoms with van der Waals surface area (Å²) in [6.07, 6.45) is 4.48. The molecule has 0 spiro atoms. The van der Waals surface area contributed by atoms with Crippen LogP contribution in [-0.4, -0.2) is 23.5 Å². The number of carbonyl (C=O) groups is 1. The molecule has 0 saturated heterocycles. The number of hydrogen-bond donors (Lipinski definition) is 1. The summed E-state index contributed by atoms with van der Waals surface area (Å²) in [6.45, 7) is 6.11. The van der Waals surface area contributed by atoms with Gasteiger partial charge in [0.2, 0.25) is 5.91 Å². The van der Waals surface area contributed by atoms with Gasteiger partial charge in [0.15, 0.2) is 0 Å². The fourth-order valence-electron chi connectivity index (χ4n) is 2.84. The van der Waals surface area contributed by atoms with Crippen LogP contribution in [0.2, 0.25) is 0 Å². The molecule has 1 amide bonds. The van der Waals surface area contributed by atoms with Crippen LogP contribution in [0.15, 0.2) is 49.2 Å². The molecular formula is C19H20N2O2. The average Bonchev–Trinajstić information content (AvgIpc) is 2.97. The minimum Gasteiger partial charge on any atom is -0.487 e. The third-order valence-electron chi connectivity index (χ3n) is 3.95. The van der Waals surface area contributed by atoms with Gasteiger partial charge in [0.25, 0.3) is 0 Å². The van der Waals surface area contributed by atoms with Crippen LogP contribution >= 0.6 is 0 Å². The van der Waals surface area contributed by atoms with Crippen molar-refractivity contribution in [2.75, 3.05) is 6.54 Å². The second-order valence-corrected chi connectivity index (χ2v) is 5.70. The van der Waals surface area contributed by atoms with Crippen molar-refractivity contribution >= 4 is 5.91 Å². The van der Waals surface area contributed by atoms with Crippen molar-refractivity contribution in [3.05, 3.63) is 60.3 Å². The largest absolute Gasteiger partial charge is 0.487 e. The Morgan fingerprint density at radius 1 is 1.43 bits per heavy atom. The van der Waals surface area contributed by atoms with Crippen LogP contribution in [0.25, 0.3) is 11.3 Å². The van der Waals surface area contributed by atoms with Gasteiger partial charge in [-0.05, 0) is 30.2 Å². The van der Waals surface area contributed by atoms with Crippen molar-refractivity contribution in [3.63, 3.8) is 0 Å². The number of rotatable bonds is 5. The Kier molecular flexibility index (Phi) is 4.42. The lowest BCUT2D eigenvalue weighted by atomic mass is 10.0. The van der Waals surface area contributed by atoms with Gasteiger partial charge < -0.3 is 10.1 Å². The number of aromatic nitrogens is 1. The van der Waals surface area contributed by atoms with Crippen LogP contribution < -0.4 is 10.1 Å². The topological polar surface area (TPSA) is 51.2 Å². The molecule has 1 aliphatic heterocycles. The Hall–Kier alpha value is -2.62. The summed E-state index contributed by atoms with van der Waals surface area (Å²) in [6, 6.07) is 10.1. The summed E-state index contributed by atoms with van der Waals surface area (Å²) in [5.74, 6) is 0.859. The zero-order valence-corrected chi connectivity index (χ0v) is 13.2. The van der Waals surface area contributed by atoms with Gasteiger partial charge >= 0.3 is 0 Å². The predicted octanol–water partition coefficient (Wildman–Crippen LogP) is 3.05. The maximum atomic E-state index is 11.6. The molecule has 0 radical (unpaired) electrons. The van der Waals surface area contributed by atoms with Gasteiger partial charge in [-0.15, -0.1) is 6.58 Å². The first-order chi connectivity index (χ1) is 11.2. The monoisotopic (exact) mass is 308 g/mol. The van der Waals surface area contributed by atoms with E-state index in [1.165, 1.54) is 0 Å². The Balaban J connectivity index is 1.78. The van der Waals surface area contributed by atoms with Crippen LogP contribution in [-0.2, 0) is 11.2 Å². The summed E-state index contributed by atoms with van der Waals surface area (Å²) < 4.78 is 6.10. The summed E-state index contributed by atoms with van der Waals surface area (Å²) in [5.41, 5.74) is 4.24. The zero-order valence-electron chi connectivity index (χ0n) is 13.2. The number of carbonyl (C=O) groups excluding carboxylic acids is 1.